The van der Waals surface area contributed by atoms with Crippen molar-refractivity contribution in [1.82, 2.24) is 19.9 Å². The summed E-state index contributed by atoms with van der Waals surface area (Å²) in [6.45, 7) is 24.8. The molecule has 0 atom stereocenters. The molecule has 8 bridgehead atoms. The zero-order chi connectivity index (χ0) is 34.7. The van der Waals surface area contributed by atoms with Crippen molar-refractivity contribution in [3.63, 3.8) is 0 Å². The summed E-state index contributed by atoms with van der Waals surface area (Å²) in [4.78, 5) is 18.7. The van der Waals surface area contributed by atoms with Gasteiger partial charge in [-0.25, -0.2) is 9.97 Å². The number of hydrogen-bond acceptors (Lipinski definition) is 2. The second kappa shape index (κ2) is 14.6. The molecule has 5 rings (SSSR count). The van der Waals surface area contributed by atoms with E-state index in [-0.39, 0.29) is 0 Å². The summed E-state index contributed by atoms with van der Waals surface area (Å²) < 4.78 is 0. The van der Waals surface area contributed by atoms with Crippen LogP contribution < -0.4 is 0 Å². The van der Waals surface area contributed by atoms with Crippen molar-refractivity contribution in [1.29, 1.82) is 0 Å². The van der Waals surface area contributed by atoms with E-state index < -0.39 is 8.07 Å². The lowest BCUT2D eigenvalue weighted by Gasteiger charge is -2.08. The number of hydrogen-bond donors (Lipinski definition) is 2. The summed E-state index contributed by atoms with van der Waals surface area (Å²) >= 11 is 0. The van der Waals surface area contributed by atoms with Crippen LogP contribution >= 0.6 is 0 Å². The number of allylic oxidation sites excluding steroid dienone is 4. The number of rotatable bonds is 8. The van der Waals surface area contributed by atoms with E-state index in [1.807, 2.05) is 0 Å². The zero-order valence-electron chi connectivity index (χ0n) is 31.3. The molecule has 3 aromatic heterocycles. The van der Waals surface area contributed by atoms with Gasteiger partial charge in [0.25, 0.3) is 0 Å². The van der Waals surface area contributed by atoms with E-state index in [0.717, 1.165) is 90.7 Å². The highest BCUT2D eigenvalue weighted by Gasteiger charge is 2.26. The molecule has 2 N–H and O–H groups in total. The maximum Gasteiger partial charge on any atom is 0.130 e. The summed E-state index contributed by atoms with van der Waals surface area (Å²) in [5.74, 6) is 10.1. The van der Waals surface area contributed by atoms with Gasteiger partial charge in [0.15, 0.2) is 0 Å². The van der Waals surface area contributed by atoms with Gasteiger partial charge >= 0.3 is 0 Å². The van der Waals surface area contributed by atoms with Crippen LogP contribution in [0.2, 0.25) is 19.6 Å². The van der Waals surface area contributed by atoms with E-state index in [9.17, 15) is 0 Å². The van der Waals surface area contributed by atoms with Crippen LogP contribution in [0, 0.1) is 23.3 Å². The maximum atomic E-state index is 5.46. The van der Waals surface area contributed by atoms with Gasteiger partial charge < -0.3 is 9.97 Å². The average Bonchev–Trinajstić information content (AvgIpc) is 3.79. The Kier molecular flexibility index (Phi) is 10.7. The van der Waals surface area contributed by atoms with Crippen LogP contribution in [0.15, 0.2) is 18.2 Å². The Morgan fingerprint density at radius 2 is 0.875 bits per heavy atom. The van der Waals surface area contributed by atoms with Crippen LogP contribution in [-0.4, -0.2) is 28.0 Å². The minimum atomic E-state index is -1.58. The Labute approximate surface area is 290 Å². The van der Waals surface area contributed by atoms with E-state index in [2.05, 4.69) is 127 Å². The summed E-state index contributed by atoms with van der Waals surface area (Å²) in [6.07, 6.45) is 7.40. The quantitative estimate of drug-likeness (QED) is 0.188. The SMILES string of the molecule is CCC1=C(CC)c2nc1cc1[nH]c(cc3[nH]c(cc4nc(c2C#CC#C[Si](C)(C)C)C(CC)=C4CC)c(CC)c3CC)c(CC)c1CC. The lowest BCUT2D eigenvalue weighted by molar-refractivity contribution is 1.07. The van der Waals surface area contributed by atoms with Gasteiger partial charge in [-0.05, 0) is 132 Å². The molecule has 0 unspecified atom stereocenters. The molecule has 0 aliphatic carbocycles. The van der Waals surface area contributed by atoms with Crippen molar-refractivity contribution >= 4 is 52.4 Å². The molecule has 250 valence electrons. The Bertz CT molecular complexity index is 1980. The summed E-state index contributed by atoms with van der Waals surface area (Å²) in [5, 5.41) is 0. The molecular formula is C43H54N4Si. The lowest BCUT2D eigenvalue weighted by atomic mass is 9.94. The van der Waals surface area contributed by atoms with Crippen LogP contribution in [0.25, 0.3) is 44.4 Å². The minimum Gasteiger partial charge on any atom is -0.355 e. The summed E-state index contributed by atoms with van der Waals surface area (Å²) in [6, 6.07) is 6.95. The molecule has 0 fully saturated rings. The number of aromatic nitrogens is 4. The second-order valence-electron chi connectivity index (χ2n) is 13.8. The molecule has 4 nitrogen and oxygen atoms in total. The molecule has 2 aliphatic heterocycles. The third-order valence-electron chi connectivity index (χ3n) is 9.79. The Hall–Kier alpha value is -4.06. The predicted octanol–water partition coefficient (Wildman–Crippen LogP) is 11.3. The van der Waals surface area contributed by atoms with Crippen molar-refractivity contribution in [2.24, 2.45) is 0 Å². The largest absolute Gasteiger partial charge is 0.355 e. The van der Waals surface area contributed by atoms with Crippen LogP contribution in [0.1, 0.15) is 132 Å². The minimum absolute atomic E-state index is 0.877. The highest BCUT2D eigenvalue weighted by atomic mass is 28.3. The fourth-order valence-corrected chi connectivity index (χ4v) is 8.06. The van der Waals surface area contributed by atoms with Crippen LogP contribution in [-0.2, 0) is 25.7 Å². The topological polar surface area (TPSA) is 57.4 Å². The molecule has 0 saturated carbocycles. The Morgan fingerprint density at radius 1 is 0.500 bits per heavy atom. The molecule has 0 aromatic carbocycles. The van der Waals surface area contributed by atoms with Gasteiger partial charge in [0.05, 0.1) is 28.3 Å². The first-order valence-corrected chi connectivity index (χ1v) is 21.9. The summed E-state index contributed by atoms with van der Waals surface area (Å²) in [5.41, 5.74) is 23.7. The number of H-pyrrole nitrogens is 2. The van der Waals surface area contributed by atoms with Crippen molar-refractivity contribution in [2.45, 2.75) is 126 Å². The molecule has 0 radical (unpaired) electrons. The summed E-state index contributed by atoms with van der Waals surface area (Å²) in [7, 11) is -1.58. The highest BCUT2D eigenvalue weighted by molar-refractivity contribution is 6.83. The Balaban J connectivity index is 2.10. The number of aryl methyl sites for hydroxylation is 4. The zero-order valence-corrected chi connectivity index (χ0v) is 32.3. The van der Waals surface area contributed by atoms with E-state index in [1.54, 1.807) is 0 Å². The van der Waals surface area contributed by atoms with Crippen molar-refractivity contribution < 1.29 is 0 Å². The molecule has 5 heteroatoms. The molecule has 0 saturated heterocycles. The molecule has 0 spiro atoms. The van der Waals surface area contributed by atoms with Gasteiger partial charge in [0.1, 0.15) is 8.07 Å². The fraction of sp³-hybridized carbons (Fsp3) is 0.442. The first-order valence-electron chi connectivity index (χ1n) is 18.4. The van der Waals surface area contributed by atoms with Gasteiger partial charge in [0.2, 0.25) is 0 Å². The smallest absolute Gasteiger partial charge is 0.130 e. The van der Waals surface area contributed by atoms with Gasteiger partial charge in [-0.2, -0.15) is 0 Å². The fourth-order valence-electron chi connectivity index (χ4n) is 7.62. The second-order valence-corrected chi connectivity index (χ2v) is 18.6. The van der Waals surface area contributed by atoms with Gasteiger partial charge in [-0.1, -0.05) is 75.0 Å². The molecule has 5 heterocycles. The van der Waals surface area contributed by atoms with Crippen molar-refractivity contribution in [3.05, 3.63) is 68.8 Å². The van der Waals surface area contributed by atoms with E-state index >= 15 is 0 Å². The van der Waals surface area contributed by atoms with E-state index in [1.165, 1.54) is 55.6 Å². The molecule has 2 aliphatic rings. The standard InChI is InChI=1S/C43H54N4Si/c1-12-27-29(14-3)38-25-40-31(16-5)33(18-7)42(46-40)35(22-20-21-23-48(9,10)11)43-34(19-8)32(17-6)41(47-43)26-39-30(15-4)28(13-2)37(45-39)24-36(27)44-38/h24-26,44-45H,12-19H2,1-11H3. The predicted molar refractivity (Wildman–Crippen MR) is 211 cm³/mol. The number of aromatic amines is 2. The number of nitrogens with one attached hydrogen (secondary N) is 2. The maximum absolute atomic E-state index is 5.46. The van der Waals surface area contributed by atoms with Gasteiger partial charge in [-0.15, -0.1) is 5.54 Å². The first kappa shape index (κ1) is 35.2. The lowest BCUT2D eigenvalue weighted by Crippen LogP contribution is -2.16. The molecule has 3 aromatic rings. The van der Waals surface area contributed by atoms with Gasteiger partial charge in [0, 0.05) is 22.1 Å². The number of nitrogens with zero attached hydrogens (tertiary/aromatic N) is 2. The first-order chi connectivity index (χ1) is 23.1. The average molecular weight is 655 g/mol. The van der Waals surface area contributed by atoms with E-state index in [0.29, 0.717) is 0 Å². The van der Waals surface area contributed by atoms with Crippen LogP contribution in [0.3, 0.4) is 0 Å². The normalized spacial score (nSPS) is 13.1. The highest BCUT2D eigenvalue weighted by Crippen LogP contribution is 2.41. The third kappa shape index (κ3) is 6.51. The molecule has 48 heavy (non-hydrogen) atoms. The molecular weight excluding hydrogens is 601 g/mol. The van der Waals surface area contributed by atoms with Crippen molar-refractivity contribution in [2.75, 3.05) is 0 Å². The number of fused-ring (bicyclic) bond motifs is 8. The van der Waals surface area contributed by atoms with E-state index in [4.69, 9.17) is 9.97 Å². The Morgan fingerprint density at radius 3 is 1.21 bits per heavy atom. The van der Waals surface area contributed by atoms with Crippen molar-refractivity contribution in [3.8, 4) is 23.3 Å². The van der Waals surface area contributed by atoms with Crippen LogP contribution in [0.4, 0.5) is 0 Å². The monoisotopic (exact) mass is 654 g/mol. The van der Waals surface area contributed by atoms with Crippen LogP contribution in [0.5, 0.6) is 0 Å². The molecule has 0 amide bonds. The third-order valence-corrected chi connectivity index (χ3v) is 10.7. The van der Waals surface area contributed by atoms with Gasteiger partial charge in [-0.3, -0.25) is 0 Å².